The number of likely N-dealkylation sites (N-methyl/N-ethyl adjacent to an activating group) is 1. The van der Waals surface area contributed by atoms with Crippen LogP contribution in [0.1, 0.15) is 19.4 Å². The summed E-state index contributed by atoms with van der Waals surface area (Å²) in [6, 6.07) is 1.83. The minimum Gasteiger partial charge on any atom is -0.380 e. The second-order valence-electron chi connectivity index (χ2n) is 4.24. The summed E-state index contributed by atoms with van der Waals surface area (Å²) in [5.74, 6) is -1.99. The third-order valence-corrected chi connectivity index (χ3v) is 5.01. The first kappa shape index (κ1) is 18.0. The molecule has 0 spiro atoms. The van der Waals surface area contributed by atoms with E-state index in [0.29, 0.717) is 6.61 Å². The van der Waals surface area contributed by atoms with Gasteiger partial charge in [-0.3, -0.25) is 0 Å². The van der Waals surface area contributed by atoms with Crippen LogP contribution >= 0.6 is 0 Å². The summed E-state index contributed by atoms with van der Waals surface area (Å²) in [6.07, 6.45) is 0. The SMILES string of the molecule is CCOCCN(CC)S(=O)(=O)c1ccc(F)c(CN)c1F. The summed E-state index contributed by atoms with van der Waals surface area (Å²) >= 11 is 0. The molecule has 0 amide bonds. The van der Waals surface area contributed by atoms with Crippen molar-refractivity contribution < 1.29 is 21.9 Å². The molecule has 21 heavy (non-hydrogen) atoms. The molecule has 1 rings (SSSR count). The molecule has 0 aliphatic rings. The second kappa shape index (κ2) is 7.79. The van der Waals surface area contributed by atoms with Crippen molar-refractivity contribution >= 4 is 10.0 Å². The van der Waals surface area contributed by atoms with Gasteiger partial charge in [0.25, 0.3) is 0 Å². The van der Waals surface area contributed by atoms with Gasteiger partial charge in [0.1, 0.15) is 10.7 Å². The van der Waals surface area contributed by atoms with E-state index in [1.807, 2.05) is 0 Å². The molecule has 5 nitrogen and oxygen atoms in total. The number of hydrogen-bond donors (Lipinski definition) is 1. The lowest BCUT2D eigenvalue weighted by Gasteiger charge is -2.21. The number of sulfonamides is 1. The summed E-state index contributed by atoms with van der Waals surface area (Å²) < 4.78 is 58.6. The van der Waals surface area contributed by atoms with Crippen LogP contribution in [0.15, 0.2) is 17.0 Å². The van der Waals surface area contributed by atoms with Crippen molar-refractivity contribution in [3.8, 4) is 0 Å². The highest BCUT2D eigenvalue weighted by atomic mass is 32.2. The van der Waals surface area contributed by atoms with E-state index >= 15 is 0 Å². The Kier molecular flexibility index (Phi) is 6.66. The average molecular weight is 322 g/mol. The van der Waals surface area contributed by atoms with Crippen LogP contribution in [0, 0.1) is 11.6 Å². The van der Waals surface area contributed by atoms with Crippen molar-refractivity contribution in [3.05, 3.63) is 29.3 Å². The highest BCUT2D eigenvalue weighted by Crippen LogP contribution is 2.23. The highest BCUT2D eigenvalue weighted by molar-refractivity contribution is 7.89. The van der Waals surface area contributed by atoms with E-state index in [4.69, 9.17) is 10.5 Å². The van der Waals surface area contributed by atoms with Gasteiger partial charge >= 0.3 is 0 Å². The molecule has 8 heteroatoms. The van der Waals surface area contributed by atoms with Crippen molar-refractivity contribution in [1.29, 1.82) is 0 Å². The summed E-state index contributed by atoms with van der Waals surface area (Å²) in [6.45, 7) is 3.93. The van der Waals surface area contributed by atoms with Crippen LogP contribution < -0.4 is 5.73 Å². The van der Waals surface area contributed by atoms with Gasteiger partial charge in [0.15, 0.2) is 5.82 Å². The maximum Gasteiger partial charge on any atom is 0.246 e. The molecule has 0 radical (unpaired) electrons. The lowest BCUT2D eigenvalue weighted by Crippen LogP contribution is -2.34. The van der Waals surface area contributed by atoms with Gasteiger partial charge in [-0.05, 0) is 19.1 Å². The number of rotatable bonds is 8. The van der Waals surface area contributed by atoms with Crippen LogP contribution in [-0.2, 0) is 21.3 Å². The summed E-state index contributed by atoms with van der Waals surface area (Å²) in [7, 11) is -4.06. The molecule has 120 valence electrons. The van der Waals surface area contributed by atoms with Gasteiger partial charge in [0.2, 0.25) is 10.0 Å². The molecule has 0 saturated heterocycles. The number of nitrogens with two attached hydrogens (primary N) is 1. The normalized spacial score (nSPS) is 12.1. The molecule has 0 aliphatic carbocycles. The lowest BCUT2D eigenvalue weighted by atomic mass is 10.2. The smallest absolute Gasteiger partial charge is 0.246 e. The van der Waals surface area contributed by atoms with Crippen molar-refractivity contribution in [2.75, 3.05) is 26.3 Å². The predicted molar refractivity (Wildman–Crippen MR) is 75.2 cm³/mol. The van der Waals surface area contributed by atoms with E-state index in [1.54, 1.807) is 13.8 Å². The van der Waals surface area contributed by atoms with Crippen LogP contribution in [0.25, 0.3) is 0 Å². The Labute approximate surface area is 123 Å². The van der Waals surface area contributed by atoms with Gasteiger partial charge in [-0.2, -0.15) is 4.31 Å². The van der Waals surface area contributed by atoms with E-state index < -0.39 is 38.7 Å². The highest BCUT2D eigenvalue weighted by Gasteiger charge is 2.28. The molecule has 0 unspecified atom stereocenters. The molecule has 1 aromatic carbocycles. The molecule has 0 atom stereocenters. The standard InChI is InChI=1S/C13H20F2N2O3S/c1-3-17(7-8-20-4-2)21(18,19)12-6-5-11(14)10(9-16)13(12)15/h5-6H,3-4,7-9,16H2,1-2H3. The van der Waals surface area contributed by atoms with Gasteiger partial charge in [-0.15, -0.1) is 0 Å². The van der Waals surface area contributed by atoms with Crippen LogP contribution in [0.4, 0.5) is 8.78 Å². The maximum absolute atomic E-state index is 14.2. The van der Waals surface area contributed by atoms with Crippen LogP contribution in [0.2, 0.25) is 0 Å². The molecule has 2 N–H and O–H groups in total. The number of hydrogen-bond acceptors (Lipinski definition) is 4. The topological polar surface area (TPSA) is 72.6 Å². The fraction of sp³-hybridized carbons (Fsp3) is 0.538. The molecular weight excluding hydrogens is 302 g/mol. The molecule has 0 saturated carbocycles. The molecule has 0 aromatic heterocycles. The van der Waals surface area contributed by atoms with Gasteiger partial charge in [0.05, 0.1) is 6.61 Å². The quantitative estimate of drug-likeness (QED) is 0.736. The monoisotopic (exact) mass is 322 g/mol. The molecular formula is C13H20F2N2O3S. The Bertz CT molecular complexity index is 579. The first-order valence-corrected chi connectivity index (χ1v) is 8.08. The van der Waals surface area contributed by atoms with Crippen molar-refractivity contribution in [2.24, 2.45) is 5.73 Å². The van der Waals surface area contributed by atoms with Crippen molar-refractivity contribution in [2.45, 2.75) is 25.3 Å². The number of benzene rings is 1. The Morgan fingerprint density at radius 2 is 1.95 bits per heavy atom. The predicted octanol–water partition coefficient (Wildman–Crippen LogP) is 1.47. The zero-order valence-corrected chi connectivity index (χ0v) is 12.9. The Hall–Kier alpha value is -1.09. The lowest BCUT2D eigenvalue weighted by molar-refractivity contribution is 0.135. The fourth-order valence-electron chi connectivity index (χ4n) is 1.86. The number of ether oxygens (including phenoxy) is 1. The van der Waals surface area contributed by atoms with Crippen molar-refractivity contribution in [3.63, 3.8) is 0 Å². The van der Waals surface area contributed by atoms with E-state index in [1.165, 1.54) is 0 Å². The Morgan fingerprint density at radius 3 is 2.48 bits per heavy atom. The van der Waals surface area contributed by atoms with Gasteiger partial charge in [-0.25, -0.2) is 17.2 Å². The first-order valence-electron chi connectivity index (χ1n) is 6.64. The molecule has 0 heterocycles. The number of halogens is 2. The Morgan fingerprint density at radius 1 is 1.29 bits per heavy atom. The Balaban J connectivity index is 3.17. The van der Waals surface area contributed by atoms with Crippen LogP contribution in [0.5, 0.6) is 0 Å². The van der Waals surface area contributed by atoms with Gasteiger partial charge in [0, 0.05) is 31.8 Å². The molecule has 0 aliphatic heterocycles. The van der Waals surface area contributed by atoms with Gasteiger partial charge < -0.3 is 10.5 Å². The van der Waals surface area contributed by atoms with E-state index in [9.17, 15) is 17.2 Å². The minimum absolute atomic E-state index is 0.0987. The van der Waals surface area contributed by atoms with Crippen LogP contribution in [-0.4, -0.2) is 39.0 Å². The van der Waals surface area contributed by atoms with E-state index in [2.05, 4.69) is 0 Å². The summed E-state index contributed by atoms with van der Waals surface area (Å²) in [5.41, 5.74) is 4.83. The molecule has 0 bridgehead atoms. The summed E-state index contributed by atoms with van der Waals surface area (Å²) in [5, 5.41) is 0. The zero-order valence-electron chi connectivity index (χ0n) is 12.1. The minimum atomic E-state index is -4.06. The first-order chi connectivity index (χ1) is 9.89. The van der Waals surface area contributed by atoms with Gasteiger partial charge in [-0.1, -0.05) is 6.92 Å². The van der Waals surface area contributed by atoms with Crippen LogP contribution in [0.3, 0.4) is 0 Å². The van der Waals surface area contributed by atoms with Crippen molar-refractivity contribution in [1.82, 2.24) is 4.31 Å². The summed E-state index contributed by atoms with van der Waals surface area (Å²) in [4.78, 5) is -0.567. The average Bonchev–Trinajstić information content (AvgIpc) is 2.43. The zero-order chi connectivity index (χ0) is 16.0. The fourth-order valence-corrected chi connectivity index (χ4v) is 3.38. The second-order valence-corrected chi connectivity index (χ2v) is 6.14. The maximum atomic E-state index is 14.2. The molecule has 1 aromatic rings. The van der Waals surface area contributed by atoms with E-state index in [0.717, 1.165) is 16.4 Å². The largest absolute Gasteiger partial charge is 0.380 e. The third-order valence-electron chi connectivity index (χ3n) is 3.01. The number of nitrogens with zero attached hydrogens (tertiary/aromatic N) is 1. The third kappa shape index (κ3) is 3.97. The van der Waals surface area contributed by atoms with E-state index in [-0.39, 0.29) is 19.7 Å². The molecule has 0 fully saturated rings.